The van der Waals surface area contributed by atoms with Crippen LogP contribution in [0.4, 0.5) is 13.2 Å². The molecule has 7 heteroatoms. The van der Waals surface area contributed by atoms with Crippen molar-refractivity contribution < 1.29 is 13.2 Å². The van der Waals surface area contributed by atoms with Gasteiger partial charge in [-0.05, 0) is 18.2 Å². The van der Waals surface area contributed by atoms with E-state index in [2.05, 4.69) is 15.2 Å². The van der Waals surface area contributed by atoms with Crippen molar-refractivity contribution >= 4 is 5.78 Å². The minimum absolute atomic E-state index is 0.377. The van der Waals surface area contributed by atoms with Crippen LogP contribution in [0.3, 0.4) is 0 Å². The van der Waals surface area contributed by atoms with E-state index in [0.717, 1.165) is 18.0 Å². The van der Waals surface area contributed by atoms with Crippen LogP contribution in [0.25, 0.3) is 17.0 Å². The van der Waals surface area contributed by atoms with Crippen LogP contribution in [0, 0.1) is 0 Å². The maximum atomic E-state index is 12.7. The zero-order chi connectivity index (χ0) is 15.0. The van der Waals surface area contributed by atoms with E-state index in [1.54, 1.807) is 22.7 Å². The second-order valence-electron chi connectivity index (χ2n) is 4.53. The van der Waals surface area contributed by atoms with E-state index in [1.807, 2.05) is 6.92 Å². The van der Waals surface area contributed by atoms with Crippen LogP contribution in [0.5, 0.6) is 0 Å². The molecule has 0 saturated carbocycles. The fraction of sp³-hybridized carbons (Fsp3) is 0.214. The molecule has 3 rings (SSSR count). The lowest BCUT2D eigenvalue weighted by Gasteiger charge is -2.08. The molecule has 3 aromatic rings. The molecule has 0 atom stereocenters. The molecule has 0 unspecified atom stereocenters. The second kappa shape index (κ2) is 4.83. The summed E-state index contributed by atoms with van der Waals surface area (Å²) in [5, 5.41) is 7.90. The third kappa shape index (κ3) is 2.46. The van der Waals surface area contributed by atoms with Crippen molar-refractivity contribution in [3.63, 3.8) is 0 Å². The van der Waals surface area contributed by atoms with E-state index < -0.39 is 11.7 Å². The van der Waals surface area contributed by atoms with Gasteiger partial charge < -0.3 is 0 Å². The van der Waals surface area contributed by atoms with Gasteiger partial charge in [0, 0.05) is 18.2 Å². The van der Waals surface area contributed by atoms with Crippen molar-refractivity contribution in [2.24, 2.45) is 0 Å². The first-order valence-corrected chi connectivity index (χ1v) is 6.37. The van der Waals surface area contributed by atoms with Crippen LogP contribution in [0.15, 0.2) is 36.5 Å². The Hall–Kier alpha value is -2.44. The molecule has 0 aliphatic rings. The Balaban J connectivity index is 2.08. The number of aromatic nitrogens is 4. The maximum absolute atomic E-state index is 12.7. The number of aryl methyl sites for hydroxylation is 1. The summed E-state index contributed by atoms with van der Waals surface area (Å²) in [5.41, 5.74) is 0.134. The van der Waals surface area contributed by atoms with E-state index in [9.17, 15) is 13.2 Å². The topological polar surface area (TPSA) is 43.1 Å². The van der Waals surface area contributed by atoms with Crippen LogP contribution in [-0.4, -0.2) is 19.6 Å². The summed E-state index contributed by atoms with van der Waals surface area (Å²) < 4.78 is 39.9. The minimum atomic E-state index is -4.37. The molecule has 0 radical (unpaired) electrons. The number of hydrogen-bond donors (Lipinski definition) is 0. The van der Waals surface area contributed by atoms with Crippen molar-refractivity contribution in [3.8, 4) is 11.3 Å². The summed E-state index contributed by atoms with van der Waals surface area (Å²) in [6.07, 6.45) is -1.95. The van der Waals surface area contributed by atoms with E-state index in [-0.39, 0.29) is 0 Å². The lowest BCUT2D eigenvalue weighted by atomic mass is 10.1. The average molecular weight is 292 g/mol. The van der Waals surface area contributed by atoms with E-state index >= 15 is 0 Å². The Morgan fingerprint density at radius 2 is 1.95 bits per heavy atom. The van der Waals surface area contributed by atoms with Gasteiger partial charge in [-0.2, -0.15) is 13.2 Å². The normalized spacial score (nSPS) is 12.0. The molecule has 21 heavy (non-hydrogen) atoms. The number of fused-ring (bicyclic) bond motifs is 1. The lowest BCUT2D eigenvalue weighted by Crippen LogP contribution is -2.04. The van der Waals surface area contributed by atoms with E-state index in [0.29, 0.717) is 23.5 Å². The Morgan fingerprint density at radius 1 is 1.14 bits per heavy atom. The first-order chi connectivity index (χ1) is 9.99. The van der Waals surface area contributed by atoms with Crippen molar-refractivity contribution in [2.45, 2.75) is 19.5 Å². The Bertz CT molecular complexity index is 792. The number of halogens is 3. The summed E-state index contributed by atoms with van der Waals surface area (Å²) in [7, 11) is 0. The molecule has 2 aromatic heterocycles. The highest BCUT2D eigenvalue weighted by molar-refractivity contribution is 5.61. The fourth-order valence-electron chi connectivity index (χ4n) is 2.09. The quantitative estimate of drug-likeness (QED) is 0.727. The Morgan fingerprint density at radius 3 is 2.67 bits per heavy atom. The van der Waals surface area contributed by atoms with Crippen LogP contribution in [-0.2, 0) is 12.6 Å². The van der Waals surface area contributed by atoms with Crippen molar-refractivity contribution in [2.75, 3.05) is 0 Å². The first kappa shape index (κ1) is 13.5. The van der Waals surface area contributed by atoms with Gasteiger partial charge in [-0.3, -0.25) is 4.40 Å². The highest BCUT2D eigenvalue weighted by atomic mass is 19.4. The van der Waals surface area contributed by atoms with Gasteiger partial charge >= 0.3 is 6.18 Å². The highest BCUT2D eigenvalue weighted by Crippen LogP contribution is 2.31. The van der Waals surface area contributed by atoms with Crippen molar-refractivity contribution in [1.29, 1.82) is 0 Å². The Labute approximate surface area is 118 Å². The number of alkyl halides is 3. The standard InChI is InChI=1S/C14H11F3N4/c1-2-12-19-20-13-18-11(6-7-21(12)13)9-4-3-5-10(8-9)14(15,16)17/h3-8H,2H2,1H3. The largest absolute Gasteiger partial charge is 0.416 e. The van der Waals surface area contributed by atoms with Gasteiger partial charge in [0.2, 0.25) is 0 Å². The summed E-state index contributed by atoms with van der Waals surface area (Å²) in [4.78, 5) is 4.26. The molecule has 0 aliphatic heterocycles. The number of hydrogen-bond acceptors (Lipinski definition) is 3. The van der Waals surface area contributed by atoms with Gasteiger partial charge in [0.1, 0.15) is 5.82 Å². The van der Waals surface area contributed by atoms with Gasteiger partial charge in [-0.15, -0.1) is 10.2 Å². The third-order valence-corrected chi connectivity index (χ3v) is 3.15. The van der Waals surface area contributed by atoms with Crippen LogP contribution < -0.4 is 0 Å². The van der Waals surface area contributed by atoms with Crippen LogP contribution in [0.1, 0.15) is 18.3 Å². The highest BCUT2D eigenvalue weighted by Gasteiger charge is 2.30. The molecule has 0 fully saturated rings. The predicted octanol–water partition coefficient (Wildman–Crippen LogP) is 3.37. The summed E-state index contributed by atoms with van der Waals surface area (Å²) in [5.74, 6) is 1.13. The first-order valence-electron chi connectivity index (χ1n) is 6.37. The third-order valence-electron chi connectivity index (χ3n) is 3.15. The fourth-order valence-corrected chi connectivity index (χ4v) is 2.09. The molecule has 2 heterocycles. The molecule has 0 saturated heterocycles. The van der Waals surface area contributed by atoms with Crippen LogP contribution >= 0.6 is 0 Å². The van der Waals surface area contributed by atoms with Gasteiger partial charge in [-0.1, -0.05) is 19.1 Å². The van der Waals surface area contributed by atoms with E-state index in [4.69, 9.17) is 0 Å². The SMILES string of the molecule is CCc1nnc2nc(-c3cccc(C(F)(F)F)c3)ccn12. The summed E-state index contributed by atoms with van der Waals surface area (Å²) in [6.45, 7) is 1.94. The zero-order valence-corrected chi connectivity index (χ0v) is 11.1. The molecular weight excluding hydrogens is 281 g/mol. The molecular formula is C14H11F3N4. The number of benzene rings is 1. The molecule has 108 valence electrons. The maximum Gasteiger partial charge on any atom is 0.416 e. The summed E-state index contributed by atoms with van der Waals surface area (Å²) in [6, 6.07) is 6.73. The minimum Gasteiger partial charge on any atom is -0.270 e. The molecule has 0 spiro atoms. The predicted molar refractivity (Wildman–Crippen MR) is 70.6 cm³/mol. The van der Waals surface area contributed by atoms with Gasteiger partial charge in [0.05, 0.1) is 11.3 Å². The molecule has 0 amide bonds. The molecule has 1 aromatic carbocycles. The summed E-state index contributed by atoms with van der Waals surface area (Å²) >= 11 is 0. The van der Waals surface area contributed by atoms with Crippen molar-refractivity contribution in [3.05, 3.63) is 47.9 Å². The van der Waals surface area contributed by atoms with E-state index in [1.165, 1.54) is 6.07 Å². The van der Waals surface area contributed by atoms with Crippen molar-refractivity contribution in [1.82, 2.24) is 19.6 Å². The monoisotopic (exact) mass is 292 g/mol. The van der Waals surface area contributed by atoms with Crippen LogP contribution in [0.2, 0.25) is 0 Å². The molecule has 0 aliphatic carbocycles. The molecule has 0 N–H and O–H groups in total. The molecule has 4 nitrogen and oxygen atoms in total. The van der Waals surface area contributed by atoms with Gasteiger partial charge in [0.25, 0.3) is 5.78 Å². The number of rotatable bonds is 2. The average Bonchev–Trinajstić information content (AvgIpc) is 2.88. The van der Waals surface area contributed by atoms with Gasteiger partial charge in [-0.25, -0.2) is 4.98 Å². The molecule has 0 bridgehead atoms. The Kier molecular flexibility index (Phi) is 3.12. The smallest absolute Gasteiger partial charge is 0.270 e. The van der Waals surface area contributed by atoms with Gasteiger partial charge in [0.15, 0.2) is 0 Å². The zero-order valence-electron chi connectivity index (χ0n) is 11.1. The second-order valence-corrected chi connectivity index (χ2v) is 4.53. The number of nitrogens with zero attached hydrogens (tertiary/aromatic N) is 4. The lowest BCUT2D eigenvalue weighted by molar-refractivity contribution is -0.137.